The largest absolute Gasteiger partial charge is 0.378 e. The Hall–Kier alpha value is -2.18. The molecule has 5 nitrogen and oxygen atoms in total. The number of morpholine rings is 1. The predicted molar refractivity (Wildman–Crippen MR) is 95.9 cm³/mol. The highest BCUT2D eigenvalue weighted by Gasteiger charge is 2.21. The van der Waals surface area contributed by atoms with E-state index in [0.29, 0.717) is 26.3 Å². The van der Waals surface area contributed by atoms with Crippen molar-refractivity contribution in [3.05, 3.63) is 54.6 Å². The van der Waals surface area contributed by atoms with Crippen LogP contribution in [-0.4, -0.2) is 51.3 Å². The van der Waals surface area contributed by atoms with Gasteiger partial charge in [0.25, 0.3) is 0 Å². The minimum absolute atomic E-state index is 0.00275. The highest BCUT2D eigenvalue weighted by atomic mass is 32.2. The van der Waals surface area contributed by atoms with Gasteiger partial charge < -0.3 is 9.64 Å². The zero-order valence-electron chi connectivity index (χ0n) is 13.9. The van der Waals surface area contributed by atoms with E-state index in [4.69, 9.17) is 4.74 Å². The smallest absolute Gasteiger partial charge is 0.223 e. The van der Waals surface area contributed by atoms with Crippen molar-refractivity contribution in [1.82, 2.24) is 4.90 Å². The van der Waals surface area contributed by atoms with E-state index >= 15 is 0 Å². The van der Waals surface area contributed by atoms with Crippen molar-refractivity contribution in [2.24, 2.45) is 0 Å². The second-order valence-corrected chi connectivity index (χ2v) is 8.06. The van der Waals surface area contributed by atoms with E-state index in [1.807, 2.05) is 30.3 Å². The number of carbonyl (C=O) groups excluding carboxylic acids is 1. The average molecular weight is 359 g/mol. The molecule has 0 aromatic heterocycles. The standard InChI is InChI=1S/C19H21NO4S/c21-19(20-11-13-24-14-12-20)10-15-25(22,23)18-8-6-17(7-9-18)16-4-2-1-3-5-16/h1-9H,10-15H2. The third-order valence-corrected chi connectivity index (χ3v) is 6.00. The number of nitrogens with zero attached hydrogens (tertiary/aromatic N) is 1. The maximum atomic E-state index is 12.5. The third-order valence-electron chi connectivity index (χ3n) is 4.27. The second-order valence-electron chi connectivity index (χ2n) is 5.95. The lowest BCUT2D eigenvalue weighted by Crippen LogP contribution is -2.41. The van der Waals surface area contributed by atoms with E-state index in [1.165, 1.54) is 0 Å². The minimum atomic E-state index is -3.47. The van der Waals surface area contributed by atoms with Gasteiger partial charge in [0.15, 0.2) is 9.84 Å². The molecule has 0 N–H and O–H groups in total. The Morgan fingerprint density at radius 3 is 2.16 bits per heavy atom. The Morgan fingerprint density at radius 2 is 1.52 bits per heavy atom. The molecule has 1 aliphatic heterocycles. The highest BCUT2D eigenvalue weighted by molar-refractivity contribution is 7.91. The van der Waals surface area contributed by atoms with E-state index in [0.717, 1.165) is 11.1 Å². The fraction of sp³-hybridized carbons (Fsp3) is 0.316. The van der Waals surface area contributed by atoms with Gasteiger partial charge in [-0.05, 0) is 23.3 Å². The molecule has 2 aromatic rings. The topological polar surface area (TPSA) is 63.7 Å². The Morgan fingerprint density at radius 1 is 0.920 bits per heavy atom. The summed E-state index contributed by atoms with van der Waals surface area (Å²) in [4.78, 5) is 14.0. The van der Waals surface area contributed by atoms with Gasteiger partial charge in [0.2, 0.25) is 5.91 Å². The zero-order chi connectivity index (χ0) is 17.7. The molecule has 0 unspecified atom stereocenters. The van der Waals surface area contributed by atoms with Crippen molar-refractivity contribution in [3.8, 4) is 11.1 Å². The lowest BCUT2D eigenvalue weighted by Gasteiger charge is -2.26. The van der Waals surface area contributed by atoms with E-state index in [1.54, 1.807) is 29.2 Å². The summed E-state index contributed by atoms with van der Waals surface area (Å²) in [6, 6.07) is 16.6. The molecule has 0 spiro atoms. The third kappa shape index (κ3) is 4.46. The number of sulfone groups is 1. The van der Waals surface area contributed by atoms with Gasteiger partial charge in [0.1, 0.15) is 0 Å². The molecule has 0 atom stereocenters. The van der Waals surface area contributed by atoms with Crippen LogP contribution in [0.15, 0.2) is 59.5 Å². The van der Waals surface area contributed by atoms with Gasteiger partial charge in [0.05, 0.1) is 23.9 Å². The number of hydrogen-bond acceptors (Lipinski definition) is 4. The molecule has 2 aromatic carbocycles. The number of hydrogen-bond donors (Lipinski definition) is 0. The first-order valence-corrected chi connectivity index (χ1v) is 9.95. The average Bonchev–Trinajstić information content (AvgIpc) is 2.68. The number of ether oxygens (including phenoxy) is 1. The van der Waals surface area contributed by atoms with Crippen LogP contribution in [0.4, 0.5) is 0 Å². The first kappa shape index (κ1) is 17.6. The van der Waals surface area contributed by atoms with Crippen LogP contribution in [0.5, 0.6) is 0 Å². The molecule has 0 bridgehead atoms. The summed E-state index contributed by atoms with van der Waals surface area (Å²) < 4.78 is 30.1. The second kappa shape index (κ2) is 7.80. The van der Waals surface area contributed by atoms with E-state index in [2.05, 4.69) is 0 Å². The van der Waals surface area contributed by atoms with Crippen LogP contribution in [0, 0.1) is 0 Å². The molecule has 1 heterocycles. The van der Waals surface area contributed by atoms with Gasteiger partial charge in [0, 0.05) is 19.5 Å². The maximum Gasteiger partial charge on any atom is 0.223 e. The highest BCUT2D eigenvalue weighted by Crippen LogP contribution is 2.22. The Bertz CT molecular complexity index is 810. The molecule has 25 heavy (non-hydrogen) atoms. The summed E-state index contributed by atoms with van der Waals surface area (Å²) in [7, 11) is -3.47. The fourth-order valence-electron chi connectivity index (χ4n) is 2.80. The first-order valence-electron chi connectivity index (χ1n) is 8.30. The fourth-order valence-corrected chi connectivity index (χ4v) is 4.03. The van der Waals surface area contributed by atoms with Crippen LogP contribution in [0.1, 0.15) is 6.42 Å². The van der Waals surface area contributed by atoms with Crippen LogP contribution >= 0.6 is 0 Å². The number of rotatable bonds is 5. The van der Waals surface area contributed by atoms with Gasteiger partial charge in [-0.3, -0.25) is 4.79 Å². The molecule has 6 heteroatoms. The molecule has 132 valence electrons. The molecule has 0 aliphatic carbocycles. The van der Waals surface area contributed by atoms with Crippen molar-refractivity contribution in [1.29, 1.82) is 0 Å². The number of carbonyl (C=O) groups is 1. The monoisotopic (exact) mass is 359 g/mol. The van der Waals surface area contributed by atoms with Gasteiger partial charge in [-0.25, -0.2) is 8.42 Å². The molecule has 1 amide bonds. The summed E-state index contributed by atoms with van der Waals surface area (Å²) >= 11 is 0. The minimum Gasteiger partial charge on any atom is -0.378 e. The van der Waals surface area contributed by atoms with Gasteiger partial charge in [-0.15, -0.1) is 0 Å². The van der Waals surface area contributed by atoms with E-state index in [9.17, 15) is 13.2 Å². The maximum absolute atomic E-state index is 12.5. The Labute approximate surface area is 148 Å². The molecule has 0 saturated carbocycles. The van der Waals surface area contributed by atoms with Crippen molar-refractivity contribution in [3.63, 3.8) is 0 Å². The summed E-state index contributed by atoms with van der Waals surface area (Å²) in [5.41, 5.74) is 2.00. The normalized spacial score (nSPS) is 15.1. The summed E-state index contributed by atoms with van der Waals surface area (Å²) in [5.74, 6) is -0.304. The zero-order valence-corrected chi connectivity index (χ0v) is 14.7. The van der Waals surface area contributed by atoms with Crippen molar-refractivity contribution in [2.75, 3.05) is 32.1 Å². The molecule has 0 radical (unpaired) electrons. The van der Waals surface area contributed by atoms with Gasteiger partial charge >= 0.3 is 0 Å². The van der Waals surface area contributed by atoms with Crippen LogP contribution in [-0.2, 0) is 19.4 Å². The van der Waals surface area contributed by atoms with E-state index < -0.39 is 9.84 Å². The molecular formula is C19H21NO4S. The molecule has 1 fully saturated rings. The lowest BCUT2D eigenvalue weighted by atomic mass is 10.1. The summed E-state index contributed by atoms with van der Waals surface area (Å²) in [6.45, 7) is 2.09. The summed E-state index contributed by atoms with van der Waals surface area (Å²) in [6.07, 6.45) is 0.00275. The number of benzene rings is 2. The Kier molecular flexibility index (Phi) is 5.50. The first-order chi connectivity index (χ1) is 12.1. The molecular weight excluding hydrogens is 338 g/mol. The van der Waals surface area contributed by atoms with Crippen LogP contribution in [0.2, 0.25) is 0 Å². The quantitative estimate of drug-likeness (QED) is 0.822. The summed E-state index contributed by atoms with van der Waals surface area (Å²) in [5, 5.41) is 0. The lowest BCUT2D eigenvalue weighted by molar-refractivity contribution is -0.134. The predicted octanol–water partition coefficient (Wildman–Crippen LogP) is 2.38. The molecule has 3 rings (SSSR count). The van der Waals surface area contributed by atoms with Crippen molar-refractivity contribution in [2.45, 2.75) is 11.3 Å². The SMILES string of the molecule is O=C(CCS(=O)(=O)c1ccc(-c2ccccc2)cc1)N1CCOCC1. The molecule has 1 saturated heterocycles. The van der Waals surface area contributed by atoms with Crippen molar-refractivity contribution >= 4 is 15.7 Å². The molecule has 1 aliphatic rings. The van der Waals surface area contributed by atoms with Crippen LogP contribution < -0.4 is 0 Å². The van der Waals surface area contributed by atoms with Crippen LogP contribution in [0.3, 0.4) is 0 Å². The Balaban J connectivity index is 1.64. The van der Waals surface area contributed by atoms with Gasteiger partial charge in [-0.2, -0.15) is 0 Å². The number of amides is 1. The van der Waals surface area contributed by atoms with Crippen molar-refractivity contribution < 1.29 is 17.9 Å². The van der Waals surface area contributed by atoms with E-state index in [-0.39, 0.29) is 23.0 Å². The van der Waals surface area contributed by atoms with Crippen LogP contribution in [0.25, 0.3) is 11.1 Å². The van der Waals surface area contributed by atoms with Gasteiger partial charge in [-0.1, -0.05) is 42.5 Å².